The highest BCUT2D eigenvalue weighted by atomic mass is 32.2. The van der Waals surface area contributed by atoms with E-state index in [0.29, 0.717) is 19.6 Å². The SMILES string of the molecule is O=[N+]([O-])c1ccc(C[N+]2(OS(=O)(=O)c3ccccc3)CCCCC2)cc1. The number of benzene rings is 2. The Labute approximate surface area is 152 Å². The first-order chi connectivity index (χ1) is 12.4. The Morgan fingerprint density at radius 3 is 2.15 bits per heavy atom. The van der Waals surface area contributed by atoms with Crippen LogP contribution in [0.5, 0.6) is 0 Å². The van der Waals surface area contributed by atoms with E-state index in [1.165, 1.54) is 24.3 Å². The first-order valence-electron chi connectivity index (χ1n) is 8.51. The van der Waals surface area contributed by atoms with Gasteiger partial charge < -0.3 is 0 Å². The number of hydrogen-bond acceptors (Lipinski definition) is 5. The maximum atomic E-state index is 12.7. The molecule has 26 heavy (non-hydrogen) atoms. The molecule has 0 unspecified atom stereocenters. The molecular formula is C18H21N2O5S+. The van der Waals surface area contributed by atoms with E-state index in [9.17, 15) is 18.5 Å². The number of hydroxylamine groups is 3. The molecule has 3 rings (SSSR count). The Morgan fingerprint density at radius 1 is 0.962 bits per heavy atom. The van der Waals surface area contributed by atoms with Gasteiger partial charge >= 0.3 is 10.1 Å². The van der Waals surface area contributed by atoms with Gasteiger partial charge in [-0.15, -0.1) is 0 Å². The van der Waals surface area contributed by atoms with Gasteiger partial charge in [0.2, 0.25) is 0 Å². The number of rotatable bonds is 6. The third kappa shape index (κ3) is 4.27. The van der Waals surface area contributed by atoms with Crippen LogP contribution < -0.4 is 0 Å². The lowest BCUT2D eigenvalue weighted by Crippen LogP contribution is -2.51. The van der Waals surface area contributed by atoms with Crippen LogP contribution in [0.15, 0.2) is 59.5 Å². The van der Waals surface area contributed by atoms with Crippen LogP contribution in [0.1, 0.15) is 24.8 Å². The average Bonchev–Trinajstić information content (AvgIpc) is 2.63. The summed E-state index contributed by atoms with van der Waals surface area (Å²) in [4.78, 5) is 10.5. The first-order valence-corrected chi connectivity index (χ1v) is 9.92. The summed E-state index contributed by atoms with van der Waals surface area (Å²) >= 11 is 0. The summed E-state index contributed by atoms with van der Waals surface area (Å²) in [5, 5.41) is 10.8. The van der Waals surface area contributed by atoms with Crippen molar-refractivity contribution in [1.82, 2.24) is 0 Å². The van der Waals surface area contributed by atoms with Gasteiger partial charge in [0.25, 0.3) is 5.69 Å². The fourth-order valence-corrected chi connectivity index (χ4v) is 4.44. The van der Waals surface area contributed by atoms with Gasteiger partial charge in [0.15, 0.2) is 0 Å². The zero-order chi connectivity index (χ0) is 18.6. The van der Waals surface area contributed by atoms with E-state index in [2.05, 4.69) is 0 Å². The minimum atomic E-state index is -3.90. The zero-order valence-corrected chi connectivity index (χ0v) is 15.1. The topological polar surface area (TPSA) is 86.5 Å². The van der Waals surface area contributed by atoms with E-state index in [0.717, 1.165) is 24.8 Å². The molecule has 1 fully saturated rings. The lowest BCUT2D eigenvalue weighted by Gasteiger charge is -2.37. The van der Waals surface area contributed by atoms with E-state index in [4.69, 9.17) is 4.28 Å². The van der Waals surface area contributed by atoms with Crippen LogP contribution in [0.4, 0.5) is 5.69 Å². The predicted octanol–water partition coefficient (Wildman–Crippen LogP) is 3.42. The summed E-state index contributed by atoms with van der Waals surface area (Å²) < 4.78 is 31.1. The average molecular weight is 377 g/mol. The second-order valence-corrected chi connectivity index (χ2v) is 8.02. The summed E-state index contributed by atoms with van der Waals surface area (Å²) in [5.74, 6) is 0. The van der Waals surface area contributed by atoms with Crippen LogP contribution >= 0.6 is 0 Å². The number of likely N-dealkylation sites (tertiary alicyclic amines) is 1. The van der Waals surface area contributed by atoms with Crippen molar-refractivity contribution in [3.05, 3.63) is 70.3 Å². The maximum absolute atomic E-state index is 12.7. The Hall–Kier alpha value is -2.29. The molecule has 0 spiro atoms. The summed E-state index contributed by atoms with van der Waals surface area (Å²) in [7, 11) is -3.90. The standard InChI is InChI=1S/C18H21N2O5S/c21-19(22)17-11-9-16(10-12-17)15-20(13-5-2-6-14-20)25-26(23,24)18-7-3-1-4-8-18/h1,3-4,7-12H,2,5-6,13-15H2/q+1. The van der Waals surface area contributed by atoms with Crippen LogP contribution in [0, 0.1) is 10.1 Å². The third-order valence-electron chi connectivity index (χ3n) is 4.54. The second kappa shape index (κ2) is 7.53. The molecule has 7 nitrogen and oxygen atoms in total. The van der Waals surface area contributed by atoms with E-state index in [1.807, 2.05) is 0 Å². The van der Waals surface area contributed by atoms with Crippen molar-refractivity contribution in [3.63, 3.8) is 0 Å². The van der Waals surface area contributed by atoms with Crippen LogP contribution in [0.2, 0.25) is 0 Å². The number of hydrogen-bond donors (Lipinski definition) is 0. The molecule has 2 aromatic carbocycles. The molecule has 0 atom stereocenters. The zero-order valence-electron chi connectivity index (χ0n) is 14.3. The summed E-state index contributed by atoms with van der Waals surface area (Å²) in [5.41, 5.74) is 0.817. The summed E-state index contributed by atoms with van der Waals surface area (Å²) in [6.07, 6.45) is 2.78. The highest BCUT2D eigenvalue weighted by molar-refractivity contribution is 7.86. The van der Waals surface area contributed by atoms with Crippen molar-refractivity contribution < 1.29 is 22.3 Å². The molecular weight excluding hydrogens is 356 g/mol. The molecule has 0 radical (unpaired) electrons. The van der Waals surface area contributed by atoms with Crippen LogP contribution in [-0.4, -0.2) is 31.1 Å². The van der Waals surface area contributed by atoms with E-state index >= 15 is 0 Å². The van der Waals surface area contributed by atoms with Crippen molar-refractivity contribution in [1.29, 1.82) is 0 Å². The molecule has 1 aliphatic rings. The molecule has 1 saturated heterocycles. The Balaban J connectivity index is 1.86. The van der Waals surface area contributed by atoms with Crippen molar-refractivity contribution in [2.24, 2.45) is 0 Å². The number of piperidine rings is 1. The highest BCUT2D eigenvalue weighted by Gasteiger charge is 2.38. The van der Waals surface area contributed by atoms with Crippen molar-refractivity contribution in [2.75, 3.05) is 13.1 Å². The molecule has 0 aromatic heterocycles. The van der Waals surface area contributed by atoms with Crippen LogP contribution in [0.25, 0.3) is 0 Å². The van der Waals surface area contributed by atoms with E-state index in [1.54, 1.807) is 30.3 Å². The molecule has 0 N–H and O–H groups in total. The fourth-order valence-electron chi connectivity index (χ4n) is 3.24. The van der Waals surface area contributed by atoms with Gasteiger partial charge in [-0.3, -0.25) is 10.1 Å². The van der Waals surface area contributed by atoms with Crippen molar-refractivity contribution in [3.8, 4) is 0 Å². The third-order valence-corrected chi connectivity index (χ3v) is 5.90. The van der Waals surface area contributed by atoms with Gasteiger partial charge in [-0.25, -0.2) is 0 Å². The normalized spacial score (nSPS) is 16.9. The lowest BCUT2D eigenvalue weighted by molar-refractivity contribution is -1.09. The molecule has 0 saturated carbocycles. The molecule has 8 heteroatoms. The number of nitro benzene ring substituents is 1. The summed E-state index contributed by atoms with van der Waals surface area (Å²) in [6.45, 7) is 1.52. The predicted molar refractivity (Wildman–Crippen MR) is 95.4 cm³/mol. The number of quaternary nitrogens is 1. The largest absolute Gasteiger partial charge is 0.342 e. The Kier molecular flexibility index (Phi) is 5.36. The first kappa shape index (κ1) is 18.5. The van der Waals surface area contributed by atoms with Gasteiger partial charge in [-0.1, -0.05) is 22.5 Å². The molecule has 2 aromatic rings. The minimum Gasteiger partial charge on any atom is -0.258 e. The van der Waals surface area contributed by atoms with Crippen LogP contribution in [0.3, 0.4) is 0 Å². The van der Waals surface area contributed by atoms with Gasteiger partial charge in [0.1, 0.15) is 19.6 Å². The van der Waals surface area contributed by atoms with Crippen LogP contribution in [-0.2, 0) is 20.9 Å². The molecule has 0 amide bonds. The molecule has 0 aliphatic carbocycles. The highest BCUT2D eigenvalue weighted by Crippen LogP contribution is 2.28. The van der Waals surface area contributed by atoms with Crippen molar-refractivity contribution >= 4 is 15.8 Å². The number of non-ortho nitro benzene ring substituents is 1. The molecule has 1 aliphatic heterocycles. The van der Waals surface area contributed by atoms with E-state index in [-0.39, 0.29) is 15.2 Å². The Morgan fingerprint density at radius 2 is 1.58 bits per heavy atom. The van der Waals surface area contributed by atoms with Gasteiger partial charge in [0.05, 0.1) is 9.82 Å². The van der Waals surface area contributed by atoms with Gasteiger partial charge in [-0.2, -0.15) is 13.1 Å². The quantitative estimate of drug-likeness (QED) is 0.437. The molecule has 0 bridgehead atoms. The number of nitrogens with zero attached hydrogens (tertiary/aromatic N) is 2. The number of nitro groups is 1. The van der Waals surface area contributed by atoms with Gasteiger partial charge in [-0.05, 0) is 43.5 Å². The maximum Gasteiger partial charge on any atom is 0.342 e. The molecule has 138 valence electrons. The second-order valence-electron chi connectivity index (χ2n) is 6.49. The molecule has 1 heterocycles. The smallest absolute Gasteiger partial charge is 0.258 e. The van der Waals surface area contributed by atoms with Gasteiger partial charge in [0, 0.05) is 17.7 Å². The lowest BCUT2D eigenvalue weighted by atomic mass is 10.1. The van der Waals surface area contributed by atoms with Crippen molar-refractivity contribution in [2.45, 2.75) is 30.7 Å². The monoisotopic (exact) mass is 377 g/mol. The Bertz CT molecular complexity index is 860. The summed E-state index contributed by atoms with van der Waals surface area (Å²) in [6, 6.07) is 14.3. The minimum absolute atomic E-state index is 0.0109. The van der Waals surface area contributed by atoms with E-state index < -0.39 is 15.0 Å². The fraction of sp³-hybridized carbons (Fsp3) is 0.333.